The number of hydrogen-bond acceptors (Lipinski definition) is 7. The third-order valence-corrected chi connectivity index (χ3v) is 9.32. The Hall–Kier alpha value is -2.82. The van der Waals surface area contributed by atoms with Crippen LogP contribution in [-0.2, 0) is 9.84 Å². The molecule has 1 saturated heterocycles. The molecule has 1 aromatic heterocycles. The van der Waals surface area contributed by atoms with Crippen molar-refractivity contribution in [1.82, 2.24) is 20.6 Å². The van der Waals surface area contributed by atoms with E-state index in [1.807, 2.05) is 0 Å². The number of amidine groups is 1. The van der Waals surface area contributed by atoms with E-state index in [-0.39, 0.29) is 41.1 Å². The predicted molar refractivity (Wildman–Crippen MR) is 116 cm³/mol. The predicted octanol–water partition coefficient (Wildman–Crippen LogP) is 1.69. The van der Waals surface area contributed by atoms with Gasteiger partial charge in [-0.25, -0.2) is 22.8 Å². The molecule has 11 heteroatoms. The number of halogens is 1. The van der Waals surface area contributed by atoms with E-state index >= 15 is 0 Å². The summed E-state index contributed by atoms with van der Waals surface area (Å²) < 4.78 is 44.9. The first kappa shape index (κ1) is 22.4. The van der Waals surface area contributed by atoms with Crippen molar-refractivity contribution in [2.24, 2.45) is 5.92 Å². The smallest absolute Gasteiger partial charge is 0.271 e. The molecule has 32 heavy (non-hydrogen) atoms. The quantitative estimate of drug-likeness (QED) is 0.605. The van der Waals surface area contributed by atoms with E-state index in [2.05, 4.69) is 20.6 Å². The van der Waals surface area contributed by atoms with Crippen molar-refractivity contribution in [3.05, 3.63) is 41.6 Å². The van der Waals surface area contributed by atoms with Gasteiger partial charge in [0.05, 0.1) is 36.8 Å². The minimum Gasteiger partial charge on any atom is -0.480 e. The molecule has 1 aromatic rings. The lowest BCUT2D eigenvalue weighted by atomic mass is 9.85. The van der Waals surface area contributed by atoms with Crippen molar-refractivity contribution in [2.45, 2.75) is 49.4 Å². The molecule has 0 spiro atoms. The van der Waals surface area contributed by atoms with Gasteiger partial charge >= 0.3 is 0 Å². The number of carbonyl (C=O) groups is 1. The van der Waals surface area contributed by atoms with Crippen LogP contribution in [-0.4, -0.2) is 59.3 Å². The van der Waals surface area contributed by atoms with Gasteiger partial charge in [-0.05, 0) is 45.1 Å². The maximum Gasteiger partial charge on any atom is 0.271 e. The summed E-state index contributed by atoms with van der Waals surface area (Å²) in [6.07, 6.45) is 7.14. The molecule has 9 nitrogen and oxygen atoms in total. The molecule has 1 saturated carbocycles. The van der Waals surface area contributed by atoms with Gasteiger partial charge in [0.15, 0.2) is 9.84 Å². The van der Waals surface area contributed by atoms with Gasteiger partial charge in [-0.1, -0.05) is 6.08 Å². The summed E-state index contributed by atoms with van der Waals surface area (Å²) in [5.41, 5.74) is -1.14. The van der Waals surface area contributed by atoms with Crippen LogP contribution < -0.4 is 15.4 Å². The normalized spacial score (nSPS) is 31.8. The Labute approximate surface area is 186 Å². The molecule has 3 atom stereocenters. The Morgan fingerprint density at radius 3 is 2.59 bits per heavy atom. The Bertz CT molecular complexity index is 1130. The number of aromatic nitrogens is 2. The van der Waals surface area contributed by atoms with E-state index in [0.29, 0.717) is 0 Å². The lowest BCUT2D eigenvalue weighted by molar-refractivity contribution is 0.0938. The minimum atomic E-state index is -3.72. The second-order valence-corrected chi connectivity index (χ2v) is 11.2. The molecular formula is C21H26FN5O4S. The van der Waals surface area contributed by atoms with Crippen LogP contribution in [0.3, 0.4) is 0 Å². The molecule has 2 heterocycles. The van der Waals surface area contributed by atoms with Crippen molar-refractivity contribution in [1.29, 1.82) is 5.41 Å². The molecule has 3 aliphatic rings. The lowest BCUT2D eigenvalue weighted by Gasteiger charge is -2.46. The number of rotatable bonds is 5. The number of amides is 1. The number of nitrogens with one attached hydrogen (secondary N) is 3. The zero-order chi connectivity index (χ0) is 23.3. The molecular weight excluding hydrogens is 437 g/mol. The Balaban J connectivity index is 1.57. The maximum atomic E-state index is 14.9. The first-order chi connectivity index (χ1) is 15.0. The molecule has 3 N–H and O–H groups in total. The molecule has 2 fully saturated rings. The molecule has 4 rings (SSSR count). The molecule has 172 valence electrons. The lowest BCUT2D eigenvalue weighted by Crippen LogP contribution is -2.68. The van der Waals surface area contributed by atoms with Gasteiger partial charge in [0.2, 0.25) is 5.88 Å². The van der Waals surface area contributed by atoms with Gasteiger partial charge in [-0.3, -0.25) is 10.2 Å². The van der Waals surface area contributed by atoms with Crippen molar-refractivity contribution >= 4 is 21.6 Å². The highest BCUT2D eigenvalue weighted by Crippen LogP contribution is 2.48. The van der Waals surface area contributed by atoms with Gasteiger partial charge in [0.25, 0.3) is 5.91 Å². The topological polar surface area (TPSA) is 134 Å². The number of sulfone groups is 1. The number of methoxy groups -OCH3 is 1. The van der Waals surface area contributed by atoms with Gasteiger partial charge in [0.1, 0.15) is 22.1 Å². The fourth-order valence-corrected chi connectivity index (χ4v) is 6.77. The molecule has 0 aromatic carbocycles. The fourth-order valence-electron chi connectivity index (χ4n) is 4.38. The van der Waals surface area contributed by atoms with Crippen molar-refractivity contribution in [2.75, 3.05) is 12.9 Å². The SMILES string of the molecule is COc1cnc(C(=O)NC2C=C([C@]3(C)CS(=O)(=O)[C@@](C)(C4CC4)C(=N)N3)C(F)=CC2)cn1. The van der Waals surface area contributed by atoms with E-state index in [4.69, 9.17) is 10.1 Å². The van der Waals surface area contributed by atoms with E-state index in [0.717, 1.165) is 12.8 Å². The van der Waals surface area contributed by atoms with Crippen LogP contribution in [0, 0.1) is 11.3 Å². The molecule has 1 unspecified atom stereocenters. The Kier molecular flexibility index (Phi) is 5.35. The highest BCUT2D eigenvalue weighted by atomic mass is 32.2. The average Bonchev–Trinajstić information content (AvgIpc) is 3.58. The number of nitrogens with zero attached hydrogens (tertiary/aromatic N) is 2. The molecule has 1 amide bonds. The van der Waals surface area contributed by atoms with Crippen LogP contribution in [0.5, 0.6) is 5.88 Å². The second kappa shape index (κ2) is 7.65. The van der Waals surface area contributed by atoms with E-state index in [9.17, 15) is 17.6 Å². The second-order valence-electron chi connectivity index (χ2n) is 8.86. The summed E-state index contributed by atoms with van der Waals surface area (Å²) in [5.74, 6) is -1.33. The number of ether oxygens (including phenoxy) is 1. The van der Waals surface area contributed by atoms with Gasteiger partial charge in [-0.2, -0.15) is 0 Å². The van der Waals surface area contributed by atoms with E-state index in [1.165, 1.54) is 31.7 Å². The molecule has 1 aliphatic heterocycles. The zero-order valence-corrected chi connectivity index (χ0v) is 18.9. The van der Waals surface area contributed by atoms with Gasteiger partial charge < -0.3 is 15.4 Å². The number of carbonyl (C=O) groups excluding carboxylic acids is 1. The highest BCUT2D eigenvalue weighted by Gasteiger charge is 2.60. The van der Waals surface area contributed by atoms with E-state index in [1.54, 1.807) is 13.8 Å². The maximum absolute atomic E-state index is 14.9. The summed E-state index contributed by atoms with van der Waals surface area (Å²) in [6.45, 7) is 3.15. The minimum absolute atomic E-state index is 0.0716. The highest BCUT2D eigenvalue weighted by molar-refractivity contribution is 7.93. The number of hydrogen-bond donors (Lipinski definition) is 3. The van der Waals surface area contributed by atoms with Crippen molar-refractivity contribution in [3.8, 4) is 5.88 Å². The summed E-state index contributed by atoms with van der Waals surface area (Å²) in [4.78, 5) is 20.5. The molecule has 0 bridgehead atoms. The summed E-state index contributed by atoms with van der Waals surface area (Å²) >= 11 is 0. The summed E-state index contributed by atoms with van der Waals surface area (Å²) in [5, 5.41) is 14.2. The van der Waals surface area contributed by atoms with Crippen LogP contribution >= 0.6 is 0 Å². The largest absolute Gasteiger partial charge is 0.480 e. The fraction of sp³-hybridized carbons (Fsp3) is 0.524. The summed E-state index contributed by atoms with van der Waals surface area (Å²) in [7, 11) is -2.28. The first-order valence-corrected chi connectivity index (χ1v) is 12.0. The van der Waals surface area contributed by atoms with Crippen LogP contribution in [0.25, 0.3) is 0 Å². The van der Waals surface area contributed by atoms with Gasteiger partial charge in [-0.15, -0.1) is 0 Å². The summed E-state index contributed by atoms with van der Waals surface area (Å²) in [6, 6.07) is -0.576. The van der Waals surface area contributed by atoms with Crippen LogP contribution in [0.4, 0.5) is 4.39 Å². The third kappa shape index (κ3) is 3.68. The van der Waals surface area contributed by atoms with Gasteiger partial charge in [0, 0.05) is 5.57 Å². The van der Waals surface area contributed by atoms with Crippen LogP contribution in [0.1, 0.15) is 43.6 Å². The first-order valence-electron chi connectivity index (χ1n) is 10.3. The van der Waals surface area contributed by atoms with Crippen molar-refractivity contribution in [3.63, 3.8) is 0 Å². The third-order valence-electron chi connectivity index (χ3n) is 6.54. The van der Waals surface area contributed by atoms with E-state index < -0.39 is 37.9 Å². The molecule has 0 radical (unpaired) electrons. The van der Waals surface area contributed by atoms with Crippen molar-refractivity contribution < 1.29 is 22.3 Å². The van der Waals surface area contributed by atoms with Crippen LogP contribution in [0.2, 0.25) is 0 Å². The molecule has 2 aliphatic carbocycles. The zero-order valence-electron chi connectivity index (χ0n) is 18.1. The Morgan fingerprint density at radius 1 is 1.31 bits per heavy atom. The Morgan fingerprint density at radius 2 is 2.03 bits per heavy atom. The standard InChI is InChI=1S/C21H26FN5O4S/c1-20(11-32(29,30)21(2,12-4-5-12)19(23)27-20)14-8-13(6-7-15(14)22)26-18(28)16-9-25-17(31-3)10-24-16/h7-10,12-13H,4-6,11H2,1-3H3,(H2,23,27)(H,26,28)/t13?,20-,21-/m0/s1. The monoisotopic (exact) mass is 463 g/mol. The van der Waals surface area contributed by atoms with Crippen LogP contribution in [0.15, 0.2) is 35.9 Å². The average molecular weight is 464 g/mol.